The molecular weight excluding hydrogens is 779 g/mol. The summed E-state index contributed by atoms with van der Waals surface area (Å²) in [6, 6.07) is -0.639. The second-order valence-electron chi connectivity index (χ2n) is 19.3. The molecule has 2 atom stereocenters. The molecule has 0 aromatic rings. The van der Waals surface area contributed by atoms with Crippen molar-refractivity contribution in [2.45, 2.75) is 315 Å². The van der Waals surface area contributed by atoms with Gasteiger partial charge in [0, 0.05) is 12.8 Å². The summed E-state index contributed by atoms with van der Waals surface area (Å²) in [6.07, 6.45) is 63.3. The quantitative estimate of drug-likeness (QED) is 0.0321. The largest absolute Gasteiger partial charge is 0.466 e. The number of amides is 1. The molecule has 0 aliphatic rings. The highest BCUT2D eigenvalue weighted by Crippen LogP contribution is 2.16. The topological polar surface area (TPSA) is 95.9 Å². The Kier molecular flexibility index (Phi) is 51.6. The van der Waals surface area contributed by atoms with E-state index < -0.39 is 12.1 Å². The van der Waals surface area contributed by atoms with Crippen LogP contribution in [0.3, 0.4) is 0 Å². The molecule has 63 heavy (non-hydrogen) atoms. The number of aliphatic hydroxyl groups is 2. The zero-order chi connectivity index (χ0) is 45.8. The number of carbonyl (C=O) groups is 2. The fraction of sp³-hybridized carbons (Fsp3) is 0.895. The molecule has 1 amide bonds. The maximum Gasteiger partial charge on any atom is 0.305 e. The monoisotopic (exact) mass is 888 g/mol. The normalized spacial score (nSPS) is 12.8. The third kappa shape index (κ3) is 49.6. The van der Waals surface area contributed by atoms with Gasteiger partial charge in [-0.3, -0.25) is 9.59 Å². The van der Waals surface area contributed by atoms with E-state index in [1.54, 1.807) is 6.08 Å². The van der Waals surface area contributed by atoms with E-state index in [9.17, 15) is 19.8 Å². The molecule has 0 saturated carbocycles. The van der Waals surface area contributed by atoms with E-state index in [1.807, 2.05) is 6.08 Å². The summed E-state index contributed by atoms with van der Waals surface area (Å²) in [5.74, 6) is -0.0848. The Bertz CT molecular complexity index is 982. The summed E-state index contributed by atoms with van der Waals surface area (Å²) in [7, 11) is 0. The van der Waals surface area contributed by atoms with Crippen LogP contribution < -0.4 is 5.32 Å². The van der Waals surface area contributed by atoms with Crippen LogP contribution in [-0.4, -0.2) is 47.4 Å². The van der Waals surface area contributed by atoms with Crippen molar-refractivity contribution in [2.24, 2.45) is 0 Å². The molecule has 2 unspecified atom stereocenters. The van der Waals surface area contributed by atoms with Gasteiger partial charge in [0.2, 0.25) is 5.91 Å². The van der Waals surface area contributed by atoms with Crippen molar-refractivity contribution >= 4 is 11.9 Å². The minimum Gasteiger partial charge on any atom is -0.466 e. The second-order valence-corrected chi connectivity index (χ2v) is 19.3. The van der Waals surface area contributed by atoms with Gasteiger partial charge in [0.05, 0.1) is 25.4 Å². The van der Waals surface area contributed by atoms with E-state index in [-0.39, 0.29) is 18.5 Å². The molecule has 0 aliphatic carbocycles. The molecule has 0 heterocycles. The Hall–Kier alpha value is -1.66. The van der Waals surface area contributed by atoms with Crippen LogP contribution in [0, 0.1) is 0 Å². The van der Waals surface area contributed by atoms with Crippen molar-refractivity contribution in [2.75, 3.05) is 13.2 Å². The number of hydrogen-bond donors (Lipinski definition) is 3. The van der Waals surface area contributed by atoms with E-state index in [1.165, 1.54) is 212 Å². The first-order valence-corrected chi connectivity index (χ1v) is 28.1. The van der Waals surface area contributed by atoms with Crippen molar-refractivity contribution in [1.29, 1.82) is 0 Å². The molecule has 6 heteroatoms. The molecule has 372 valence electrons. The van der Waals surface area contributed by atoms with Crippen LogP contribution in [0.5, 0.6) is 0 Å². The molecular formula is C57H109NO5. The van der Waals surface area contributed by atoms with Crippen molar-refractivity contribution < 1.29 is 24.5 Å². The number of ether oxygens (including phenoxy) is 1. The van der Waals surface area contributed by atoms with E-state index in [4.69, 9.17) is 4.74 Å². The van der Waals surface area contributed by atoms with Gasteiger partial charge in [-0.05, 0) is 57.8 Å². The van der Waals surface area contributed by atoms with Crippen LogP contribution in [0.25, 0.3) is 0 Å². The summed E-state index contributed by atoms with van der Waals surface area (Å²) in [5, 5.41) is 23.1. The van der Waals surface area contributed by atoms with E-state index >= 15 is 0 Å². The predicted molar refractivity (Wildman–Crippen MR) is 273 cm³/mol. The first kappa shape index (κ1) is 61.3. The zero-order valence-electron chi connectivity index (χ0n) is 42.3. The Balaban J connectivity index is 3.47. The zero-order valence-corrected chi connectivity index (χ0v) is 42.3. The Labute approximate surface area is 392 Å². The van der Waals surface area contributed by atoms with Crippen LogP contribution in [0.15, 0.2) is 24.3 Å². The second kappa shape index (κ2) is 53.0. The van der Waals surface area contributed by atoms with Gasteiger partial charge >= 0.3 is 5.97 Å². The van der Waals surface area contributed by atoms with E-state index in [0.717, 1.165) is 64.2 Å². The summed E-state index contributed by atoms with van der Waals surface area (Å²) >= 11 is 0. The smallest absolute Gasteiger partial charge is 0.305 e. The molecule has 0 aliphatic heterocycles. The molecule has 0 rings (SSSR count). The highest BCUT2D eigenvalue weighted by molar-refractivity contribution is 5.76. The van der Waals surface area contributed by atoms with Gasteiger partial charge in [-0.1, -0.05) is 256 Å². The maximum absolute atomic E-state index is 12.4. The summed E-state index contributed by atoms with van der Waals surface area (Å²) in [5.41, 5.74) is 0. The van der Waals surface area contributed by atoms with E-state index in [0.29, 0.717) is 19.4 Å². The third-order valence-corrected chi connectivity index (χ3v) is 13.0. The van der Waals surface area contributed by atoms with Gasteiger partial charge in [-0.15, -0.1) is 0 Å². The fourth-order valence-corrected chi connectivity index (χ4v) is 8.63. The standard InChI is InChI=1S/C57H109NO5/c1-3-5-7-9-11-13-15-17-19-23-27-31-35-39-43-47-51-57(62)63-52-48-44-40-36-32-28-24-21-20-22-26-30-34-38-42-46-50-56(61)58-54(53-59)55(60)49-45-41-37-33-29-25-18-16-14-12-10-8-6-4-2/h20,22,45,49,54-55,59-60H,3-19,21,23-44,46-48,50-53H2,1-2H3,(H,58,61)/b22-20-,49-45+. The van der Waals surface area contributed by atoms with Gasteiger partial charge in [0.15, 0.2) is 0 Å². The van der Waals surface area contributed by atoms with Crippen LogP contribution >= 0.6 is 0 Å². The number of carbonyl (C=O) groups excluding carboxylic acids is 2. The maximum atomic E-state index is 12.4. The average Bonchev–Trinajstić information content (AvgIpc) is 3.28. The lowest BCUT2D eigenvalue weighted by Gasteiger charge is -2.20. The van der Waals surface area contributed by atoms with Crippen LogP contribution in [0.2, 0.25) is 0 Å². The highest BCUT2D eigenvalue weighted by atomic mass is 16.5. The number of nitrogens with one attached hydrogen (secondary N) is 1. The predicted octanol–water partition coefficient (Wildman–Crippen LogP) is 17.1. The molecule has 0 fully saturated rings. The molecule has 3 N–H and O–H groups in total. The van der Waals surface area contributed by atoms with Gasteiger partial charge in [-0.25, -0.2) is 0 Å². The van der Waals surface area contributed by atoms with Gasteiger partial charge < -0.3 is 20.3 Å². The van der Waals surface area contributed by atoms with Crippen LogP contribution in [0.4, 0.5) is 0 Å². The third-order valence-electron chi connectivity index (χ3n) is 13.0. The van der Waals surface area contributed by atoms with E-state index in [2.05, 4.69) is 31.3 Å². The molecule has 0 radical (unpaired) electrons. The van der Waals surface area contributed by atoms with Crippen molar-refractivity contribution in [3.8, 4) is 0 Å². The summed E-state index contributed by atoms with van der Waals surface area (Å²) < 4.78 is 5.48. The van der Waals surface area contributed by atoms with Gasteiger partial charge in [-0.2, -0.15) is 0 Å². The number of rotatable bonds is 52. The van der Waals surface area contributed by atoms with Crippen molar-refractivity contribution in [3.63, 3.8) is 0 Å². The van der Waals surface area contributed by atoms with Crippen LogP contribution in [0.1, 0.15) is 303 Å². The summed E-state index contributed by atoms with van der Waals surface area (Å²) in [4.78, 5) is 24.5. The summed E-state index contributed by atoms with van der Waals surface area (Å²) in [6.45, 7) is 4.89. The Morgan fingerprint density at radius 1 is 0.429 bits per heavy atom. The number of aliphatic hydroxyl groups excluding tert-OH is 2. The molecule has 0 bridgehead atoms. The lowest BCUT2D eigenvalue weighted by molar-refractivity contribution is -0.143. The SMILES string of the molecule is CCCCCCCCCCCCCC/C=C/C(O)C(CO)NC(=O)CCCCCCC/C=C\CCCCCCCCCOC(=O)CCCCCCCCCCCCCCCCCC. The number of unbranched alkanes of at least 4 members (excludes halogenated alkanes) is 39. The minimum atomic E-state index is -0.854. The van der Waals surface area contributed by atoms with Crippen LogP contribution in [-0.2, 0) is 14.3 Å². The molecule has 0 aromatic carbocycles. The number of allylic oxidation sites excluding steroid dienone is 3. The number of hydrogen-bond acceptors (Lipinski definition) is 5. The Morgan fingerprint density at radius 3 is 1.13 bits per heavy atom. The van der Waals surface area contributed by atoms with Crippen molar-refractivity contribution in [3.05, 3.63) is 24.3 Å². The average molecular weight is 889 g/mol. The lowest BCUT2D eigenvalue weighted by atomic mass is 10.0. The van der Waals surface area contributed by atoms with Crippen molar-refractivity contribution in [1.82, 2.24) is 5.32 Å². The molecule has 0 spiro atoms. The van der Waals surface area contributed by atoms with Gasteiger partial charge in [0.1, 0.15) is 0 Å². The number of esters is 1. The lowest BCUT2D eigenvalue weighted by Crippen LogP contribution is -2.45. The minimum absolute atomic E-state index is 0.000453. The first-order chi connectivity index (χ1) is 31.0. The Morgan fingerprint density at radius 2 is 0.746 bits per heavy atom. The first-order valence-electron chi connectivity index (χ1n) is 28.1. The van der Waals surface area contributed by atoms with Gasteiger partial charge in [0.25, 0.3) is 0 Å². The molecule has 6 nitrogen and oxygen atoms in total. The molecule has 0 aromatic heterocycles. The highest BCUT2D eigenvalue weighted by Gasteiger charge is 2.18. The molecule has 0 saturated heterocycles. The fourth-order valence-electron chi connectivity index (χ4n) is 8.63.